The molecule has 0 radical (unpaired) electrons. The highest BCUT2D eigenvalue weighted by Crippen LogP contribution is 2.38. The number of fused-ring (bicyclic) bond motifs is 1. The summed E-state index contributed by atoms with van der Waals surface area (Å²) in [4.78, 5) is 2.70. The monoisotopic (exact) mass is 266 g/mol. The number of nitrogens with zero attached hydrogens (tertiary/aromatic N) is 1. The first-order chi connectivity index (χ1) is 8.87. The Morgan fingerprint density at radius 3 is 2.53 bits per heavy atom. The molecule has 3 heterocycles. The largest absolute Gasteiger partial charge is 0.368 e. The molecule has 0 aromatic heterocycles. The summed E-state index contributed by atoms with van der Waals surface area (Å²) in [6, 6.07) is 1.96. The normalized spacial score (nSPS) is 41.4. The van der Waals surface area contributed by atoms with Crippen molar-refractivity contribution in [2.75, 3.05) is 13.1 Å². The minimum atomic E-state index is -0.0361. The third kappa shape index (κ3) is 2.70. The molecule has 1 N–H and O–H groups in total. The highest BCUT2D eigenvalue weighted by atomic mass is 16.5. The predicted molar refractivity (Wildman–Crippen MR) is 78.4 cm³/mol. The van der Waals surface area contributed by atoms with Crippen LogP contribution in [0.15, 0.2) is 0 Å². The molecule has 3 aliphatic heterocycles. The maximum absolute atomic E-state index is 6.22. The lowest BCUT2D eigenvalue weighted by Gasteiger charge is -2.36. The van der Waals surface area contributed by atoms with Crippen LogP contribution in [0.25, 0.3) is 0 Å². The fourth-order valence-electron chi connectivity index (χ4n) is 4.52. The Kier molecular flexibility index (Phi) is 3.43. The summed E-state index contributed by atoms with van der Waals surface area (Å²) < 4.78 is 6.22. The van der Waals surface area contributed by atoms with Crippen LogP contribution in [-0.2, 0) is 4.74 Å². The van der Waals surface area contributed by atoms with Crippen LogP contribution in [0.3, 0.4) is 0 Å². The molecule has 3 heteroatoms. The van der Waals surface area contributed by atoms with Crippen molar-refractivity contribution in [1.82, 2.24) is 10.2 Å². The predicted octanol–water partition coefficient (Wildman–Crippen LogP) is 2.55. The first kappa shape index (κ1) is 13.8. The van der Waals surface area contributed by atoms with E-state index in [0.29, 0.717) is 12.1 Å². The lowest BCUT2D eigenvalue weighted by Crippen LogP contribution is -2.53. The van der Waals surface area contributed by atoms with Crippen LogP contribution in [0.5, 0.6) is 0 Å². The van der Waals surface area contributed by atoms with Crippen molar-refractivity contribution in [3.63, 3.8) is 0 Å². The maximum Gasteiger partial charge on any atom is 0.0787 e. The van der Waals surface area contributed by atoms with Gasteiger partial charge in [0.1, 0.15) is 0 Å². The molecular formula is C16H30N2O. The fraction of sp³-hybridized carbons (Fsp3) is 1.00. The molecule has 19 heavy (non-hydrogen) atoms. The molecule has 0 aromatic rings. The number of piperidine rings is 1. The van der Waals surface area contributed by atoms with Crippen molar-refractivity contribution in [1.29, 1.82) is 0 Å². The van der Waals surface area contributed by atoms with Crippen molar-refractivity contribution in [2.24, 2.45) is 0 Å². The van der Waals surface area contributed by atoms with Crippen LogP contribution in [0.2, 0.25) is 0 Å². The van der Waals surface area contributed by atoms with Crippen LogP contribution in [-0.4, -0.2) is 47.3 Å². The maximum atomic E-state index is 6.22. The summed E-state index contributed by atoms with van der Waals surface area (Å²) in [5.41, 5.74) is -0.0163. The van der Waals surface area contributed by atoms with Gasteiger partial charge < -0.3 is 10.1 Å². The minimum Gasteiger partial charge on any atom is -0.368 e. The Labute approximate surface area is 118 Å². The molecule has 110 valence electrons. The zero-order valence-electron chi connectivity index (χ0n) is 13.0. The van der Waals surface area contributed by atoms with E-state index in [0.717, 1.165) is 12.5 Å². The van der Waals surface area contributed by atoms with Crippen LogP contribution < -0.4 is 5.32 Å². The average molecular weight is 266 g/mol. The standard InChI is InChI=1S/C16H30N2O/c1-15(2)11-14(16(3,4)19-15)17-12-8-10-18-9-6-5-7-13(12)18/h12-14,17H,5-11H2,1-4H3. The second kappa shape index (κ2) is 4.71. The highest BCUT2D eigenvalue weighted by molar-refractivity contribution is 5.03. The van der Waals surface area contributed by atoms with Crippen LogP contribution in [0.4, 0.5) is 0 Å². The first-order valence-electron chi connectivity index (χ1n) is 8.08. The van der Waals surface area contributed by atoms with Gasteiger partial charge in [-0.3, -0.25) is 4.90 Å². The first-order valence-corrected chi connectivity index (χ1v) is 8.08. The lowest BCUT2D eigenvalue weighted by atomic mass is 9.91. The molecule has 3 rings (SSSR count). The van der Waals surface area contributed by atoms with Crippen molar-refractivity contribution in [2.45, 2.75) is 89.1 Å². The van der Waals surface area contributed by atoms with Crippen molar-refractivity contribution < 1.29 is 4.74 Å². The number of hydrogen-bond acceptors (Lipinski definition) is 3. The van der Waals surface area contributed by atoms with Gasteiger partial charge in [0.2, 0.25) is 0 Å². The second-order valence-electron chi connectivity index (χ2n) is 7.88. The molecule has 0 spiro atoms. The molecule has 0 aliphatic carbocycles. The average Bonchev–Trinajstić information content (AvgIpc) is 2.78. The SMILES string of the molecule is CC1(C)CC(NC2CCN3CCCCC23)C(C)(C)O1. The summed E-state index contributed by atoms with van der Waals surface area (Å²) in [6.45, 7) is 11.5. The molecule has 3 saturated heterocycles. The Bertz CT molecular complexity index is 340. The van der Waals surface area contributed by atoms with Gasteiger partial charge in [-0.15, -0.1) is 0 Å². The number of nitrogens with one attached hydrogen (secondary N) is 1. The molecule has 0 aromatic carbocycles. The van der Waals surface area contributed by atoms with E-state index in [9.17, 15) is 0 Å². The smallest absolute Gasteiger partial charge is 0.0787 e. The molecule has 3 aliphatic rings. The Balaban J connectivity index is 1.65. The van der Waals surface area contributed by atoms with E-state index in [4.69, 9.17) is 4.74 Å². The summed E-state index contributed by atoms with van der Waals surface area (Å²) in [6.07, 6.45) is 6.64. The molecule has 3 fully saturated rings. The number of rotatable bonds is 2. The number of ether oxygens (including phenoxy) is 1. The molecule has 0 bridgehead atoms. The summed E-state index contributed by atoms with van der Waals surface area (Å²) in [7, 11) is 0. The molecular weight excluding hydrogens is 236 g/mol. The van der Waals surface area contributed by atoms with E-state index in [1.54, 1.807) is 0 Å². The topological polar surface area (TPSA) is 24.5 Å². The second-order valence-corrected chi connectivity index (χ2v) is 7.88. The van der Waals surface area contributed by atoms with Gasteiger partial charge in [0, 0.05) is 24.7 Å². The van der Waals surface area contributed by atoms with E-state index >= 15 is 0 Å². The van der Waals surface area contributed by atoms with Gasteiger partial charge in [-0.2, -0.15) is 0 Å². The fourth-order valence-corrected chi connectivity index (χ4v) is 4.52. The van der Waals surface area contributed by atoms with Crippen LogP contribution in [0.1, 0.15) is 59.8 Å². The van der Waals surface area contributed by atoms with E-state index in [2.05, 4.69) is 37.9 Å². The van der Waals surface area contributed by atoms with Gasteiger partial charge in [0.15, 0.2) is 0 Å². The lowest BCUT2D eigenvalue weighted by molar-refractivity contribution is -0.0707. The van der Waals surface area contributed by atoms with Crippen molar-refractivity contribution in [3.05, 3.63) is 0 Å². The van der Waals surface area contributed by atoms with Crippen molar-refractivity contribution >= 4 is 0 Å². The Morgan fingerprint density at radius 2 is 1.84 bits per heavy atom. The molecule has 3 nitrogen and oxygen atoms in total. The minimum absolute atomic E-state index is 0.0199. The van der Waals surface area contributed by atoms with Crippen molar-refractivity contribution in [3.8, 4) is 0 Å². The van der Waals surface area contributed by atoms with E-state index in [1.165, 1.54) is 38.8 Å². The third-order valence-electron chi connectivity index (χ3n) is 5.35. The summed E-state index contributed by atoms with van der Waals surface area (Å²) >= 11 is 0. The molecule has 0 amide bonds. The Morgan fingerprint density at radius 1 is 1.05 bits per heavy atom. The highest BCUT2D eigenvalue weighted by Gasteiger charge is 2.48. The van der Waals surface area contributed by atoms with Gasteiger partial charge in [0.05, 0.1) is 11.2 Å². The van der Waals surface area contributed by atoms with Gasteiger partial charge in [0.25, 0.3) is 0 Å². The zero-order valence-corrected chi connectivity index (χ0v) is 13.0. The van der Waals surface area contributed by atoms with Gasteiger partial charge in [-0.1, -0.05) is 6.42 Å². The van der Waals surface area contributed by atoms with Crippen LogP contribution >= 0.6 is 0 Å². The molecule has 3 unspecified atom stereocenters. The van der Waals surface area contributed by atoms with E-state index < -0.39 is 0 Å². The van der Waals surface area contributed by atoms with Gasteiger partial charge in [-0.05, 0) is 59.9 Å². The zero-order chi connectivity index (χ0) is 13.7. The molecule has 3 atom stereocenters. The third-order valence-corrected chi connectivity index (χ3v) is 5.35. The van der Waals surface area contributed by atoms with Crippen LogP contribution in [0, 0.1) is 0 Å². The Hall–Kier alpha value is -0.120. The van der Waals surface area contributed by atoms with Gasteiger partial charge >= 0.3 is 0 Å². The van der Waals surface area contributed by atoms with E-state index in [-0.39, 0.29) is 11.2 Å². The summed E-state index contributed by atoms with van der Waals surface area (Å²) in [5, 5.41) is 3.96. The van der Waals surface area contributed by atoms with E-state index in [1.807, 2.05) is 0 Å². The number of hydrogen-bond donors (Lipinski definition) is 1. The summed E-state index contributed by atoms with van der Waals surface area (Å²) in [5.74, 6) is 0. The van der Waals surface area contributed by atoms with Gasteiger partial charge in [-0.25, -0.2) is 0 Å². The quantitative estimate of drug-likeness (QED) is 0.831. The molecule has 0 saturated carbocycles.